The Hall–Kier alpha value is -1.93. The zero-order valence-electron chi connectivity index (χ0n) is 12.8. The number of carbonyl (C=O) groups excluding carboxylic acids is 1. The van der Waals surface area contributed by atoms with Gasteiger partial charge in [0.05, 0.1) is 6.26 Å². The molecule has 0 unspecified atom stereocenters. The topological polar surface area (TPSA) is 73.5 Å². The standard InChI is InChI=1S/C15H18FN3O3S/c1-23(21,22)19-6-2-5-18(7-8-19)15(20)14-10-11-9-12(16)3-4-13(11)17-14/h3-4,9-10,17H,2,5-8H2,1H3. The Balaban J connectivity index is 1.79. The number of sulfonamides is 1. The number of amides is 1. The Labute approximate surface area is 133 Å². The highest BCUT2D eigenvalue weighted by atomic mass is 32.2. The molecule has 8 heteroatoms. The van der Waals surface area contributed by atoms with Crippen LogP contribution in [0.4, 0.5) is 4.39 Å². The summed E-state index contributed by atoms with van der Waals surface area (Å²) in [6, 6.07) is 5.93. The van der Waals surface area contributed by atoms with Gasteiger partial charge in [-0.15, -0.1) is 0 Å². The van der Waals surface area contributed by atoms with Crippen molar-refractivity contribution in [2.24, 2.45) is 0 Å². The zero-order valence-corrected chi connectivity index (χ0v) is 13.6. The van der Waals surface area contributed by atoms with E-state index in [4.69, 9.17) is 0 Å². The number of nitrogens with zero attached hydrogens (tertiary/aromatic N) is 2. The molecule has 1 aliphatic rings. The number of halogens is 1. The molecule has 2 heterocycles. The van der Waals surface area contributed by atoms with Crippen molar-refractivity contribution in [1.82, 2.24) is 14.2 Å². The maximum Gasteiger partial charge on any atom is 0.270 e. The highest BCUT2D eigenvalue weighted by Crippen LogP contribution is 2.18. The van der Waals surface area contributed by atoms with E-state index in [1.54, 1.807) is 17.0 Å². The van der Waals surface area contributed by atoms with Crippen molar-refractivity contribution in [3.8, 4) is 0 Å². The quantitative estimate of drug-likeness (QED) is 0.899. The summed E-state index contributed by atoms with van der Waals surface area (Å²) in [5.74, 6) is -0.550. The summed E-state index contributed by atoms with van der Waals surface area (Å²) in [4.78, 5) is 17.2. The van der Waals surface area contributed by atoms with Gasteiger partial charge in [-0.1, -0.05) is 0 Å². The Kier molecular flexibility index (Phi) is 4.11. The Morgan fingerprint density at radius 3 is 2.70 bits per heavy atom. The molecule has 23 heavy (non-hydrogen) atoms. The van der Waals surface area contributed by atoms with Gasteiger partial charge in [-0.05, 0) is 30.7 Å². The number of aromatic amines is 1. The van der Waals surface area contributed by atoms with Crippen molar-refractivity contribution in [1.29, 1.82) is 0 Å². The van der Waals surface area contributed by atoms with Crippen LogP contribution in [0.1, 0.15) is 16.9 Å². The van der Waals surface area contributed by atoms with Crippen LogP contribution in [0.25, 0.3) is 10.9 Å². The van der Waals surface area contributed by atoms with Crippen molar-refractivity contribution >= 4 is 26.8 Å². The normalized spacial score (nSPS) is 17.4. The predicted molar refractivity (Wildman–Crippen MR) is 85.2 cm³/mol. The minimum Gasteiger partial charge on any atom is -0.351 e. The van der Waals surface area contributed by atoms with Gasteiger partial charge in [0.25, 0.3) is 5.91 Å². The minimum atomic E-state index is -3.24. The van der Waals surface area contributed by atoms with E-state index in [9.17, 15) is 17.6 Å². The molecular formula is C15H18FN3O3S. The average Bonchev–Trinajstić information content (AvgIpc) is 2.72. The van der Waals surface area contributed by atoms with Gasteiger partial charge in [-0.3, -0.25) is 4.79 Å². The summed E-state index contributed by atoms with van der Waals surface area (Å²) in [5.41, 5.74) is 1.08. The second-order valence-electron chi connectivity index (χ2n) is 5.72. The monoisotopic (exact) mass is 339 g/mol. The third kappa shape index (κ3) is 3.37. The van der Waals surface area contributed by atoms with Gasteiger partial charge in [-0.2, -0.15) is 0 Å². The lowest BCUT2D eigenvalue weighted by atomic mass is 10.2. The largest absolute Gasteiger partial charge is 0.351 e. The maximum absolute atomic E-state index is 13.2. The van der Waals surface area contributed by atoms with E-state index < -0.39 is 10.0 Å². The maximum atomic E-state index is 13.2. The molecule has 1 aliphatic heterocycles. The van der Waals surface area contributed by atoms with Crippen LogP contribution in [0, 0.1) is 5.82 Å². The van der Waals surface area contributed by atoms with Crippen molar-refractivity contribution < 1.29 is 17.6 Å². The third-order valence-electron chi connectivity index (χ3n) is 4.02. The van der Waals surface area contributed by atoms with Crippen LogP contribution >= 0.6 is 0 Å². The summed E-state index contributed by atoms with van der Waals surface area (Å²) in [5, 5.41) is 0.640. The van der Waals surface area contributed by atoms with Crippen molar-refractivity contribution in [2.45, 2.75) is 6.42 Å². The van der Waals surface area contributed by atoms with Crippen LogP contribution in [0.5, 0.6) is 0 Å². The molecule has 124 valence electrons. The fourth-order valence-electron chi connectivity index (χ4n) is 2.82. The fourth-order valence-corrected chi connectivity index (χ4v) is 3.69. The number of benzene rings is 1. The minimum absolute atomic E-state index is 0.197. The summed E-state index contributed by atoms with van der Waals surface area (Å²) in [6.07, 6.45) is 1.77. The Bertz CT molecular complexity index is 847. The highest BCUT2D eigenvalue weighted by molar-refractivity contribution is 7.88. The van der Waals surface area contributed by atoms with Gasteiger partial charge >= 0.3 is 0 Å². The number of H-pyrrole nitrogens is 1. The van der Waals surface area contributed by atoms with E-state index in [1.807, 2.05) is 0 Å². The molecule has 0 saturated carbocycles. The molecule has 0 atom stereocenters. The van der Waals surface area contributed by atoms with Crippen LogP contribution in [-0.4, -0.2) is 60.9 Å². The number of hydrogen-bond donors (Lipinski definition) is 1. The first kappa shape index (κ1) is 15.9. The molecule has 3 rings (SSSR count). The van der Waals surface area contributed by atoms with Gasteiger partial charge < -0.3 is 9.88 Å². The molecule has 1 fully saturated rings. The molecule has 1 saturated heterocycles. The van der Waals surface area contributed by atoms with Crippen LogP contribution in [0.2, 0.25) is 0 Å². The number of hydrogen-bond acceptors (Lipinski definition) is 3. The molecule has 2 aromatic rings. The average molecular weight is 339 g/mol. The van der Waals surface area contributed by atoms with Crippen molar-refractivity contribution in [2.75, 3.05) is 32.4 Å². The summed E-state index contributed by atoms with van der Waals surface area (Å²) in [7, 11) is -3.24. The van der Waals surface area contributed by atoms with E-state index >= 15 is 0 Å². The van der Waals surface area contributed by atoms with Crippen molar-refractivity contribution in [3.05, 3.63) is 35.8 Å². The third-order valence-corrected chi connectivity index (χ3v) is 5.33. The number of aromatic nitrogens is 1. The van der Waals surface area contributed by atoms with Gasteiger partial charge in [-0.25, -0.2) is 17.1 Å². The lowest BCUT2D eigenvalue weighted by Gasteiger charge is -2.20. The van der Waals surface area contributed by atoms with Gasteiger partial charge in [0, 0.05) is 37.1 Å². The van der Waals surface area contributed by atoms with E-state index in [1.165, 1.54) is 22.7 Å². The molecule has 1 aromatic carbocycles. The van der Waals surface area contributed by atoms with Gasteiger partial charge in [0.2, 0.25) is 10.0 Å². The number of carbonyl (C=O) groups is 1. The number of rotatable bonds is 2. The summed E-state index contributed by atoms with van der Waals surface area (Å²) < 4.78 is 37.9. The van der Waals surface area contributed by atoms with Crippen molar-refractivity contribution in [3.63, 3.8) is 0 Å². The molecule has 0 radical (unpaired) electrons. The Morgan fingerprint density at radius 2 is 1.96 bits per heavy atom. The molecule has 1 N–H and O–H groups in total. The number of fused-ring (bicyclic) bond motifs is 1. The first-order chi connectivity index (χ1) is 10.8. The van der Waals surface area contributed by atoms with Crippen LogP contribution in [0.3, 0.4) is 0 Å². The first-order valence-corrected chi connectivity index (χ1v) is 9.22. The number of nitrogens with one attached hydrogen (secondary N) is 1. The van der Waals surface area contributed by atoms with E-state index in [2.05, 4.69) is 4.98 Å². The summed E-state index contributed by atoms with van der Waals surface area (Å²) >= 11 is 0. The Morgan fingerprint density at radius 1 is 1.17 bits per heavy atom. The second kappa shape index (κ2) is 5.93. The van der Waals surface area contributed by atoms with Crippen LogP contribution < -0.4 is 0 Å². The smallest absolute Gasteiger partial charge is 0.270 e. The predicted octanol–water partition coefficient (Wildman–Crippen LogP) is 1.41. The molecule has 1 aromatic heterocycles. The molecule has 0 bridgehead atoms. The SMILES string of the molecule is CS(=O)(=O)N1CCCN(C(=O)c2cc3cc(F)ccc3[nH]2)CC1. The summed E-state index contributed by atoms with van der Waals surface area (Å²) in [6.45, 7) is 1.55. The molecule has 1 amide bonds. The lowest BCUT2D eigenvalue weighted by molar-refractivity contribution is 0.0759. The molecular weight excluding hydrogens is 321 g/mol. The van der Waals surface area contributed by atoms with Gasteiger partial charge in [0.15, 0.2) is 0 Å². The van der Waals surface area contributed by atoms with Gasteiger partial charge in [0.1, 0.15) is 11.5 Å². The van der Waals surface area contributed by atoms with E-state index in [0.717, 1.165) is 0 Å². The van der Waals surface area contributed by atoms with Crippen LogP contribution in [0.15, 0.2) is 24.3 Å². The first-order valence-electron chi connectivity index (χ1n) is 7.37. The highest BCUT2D eigenvalue weighted by Gasteiger charge is 2.25. The van der Waals surface area contributed by atoms with E-state index in [-0.39, 0.29) is 11.7 Å². The molecule has 6 nitrogen and oxygen atoms in total. The fraction of sp³-hybridized carbons (Fsp3) is 0.400. The molecule has 0 aliphatic carbocycles. The van der Waals surface area contributed by atoms with E-state index in [0.29, 0.717) is 49.2 Å². The second-order valence-corrected chi connectivity index (χ2v) is 7.70. The molecule has 0 spiro atoms. The zero-order chi connectivity index (χ0) is 16.6. The lowest BCUT2D eigenvalue weighted by Crippen LogP contribution is -2.37. The van der Waals surface area contributed by atoms with Crippen LogP contribution in [-0.2, 0) is 10.0 Å².